The van der Waals surface area contributed by atoms with Crippen molar-refractivity contribution in [2.75, 3.05) is 19.6 Å². The Labute approximate surface area is 101 Å². The van der Waals surface area contributed by atoms with Crippen molar-refractivity contribution in [1.29, 1.82) is 0 Å². The highest BCUT2D eigenvalue weighted by Gasteiger charge is 2.24. The van der Waals surface area contributed by atoms with E-state index in [2.05, 4.69) is 24.1 Å². The van der Waals surface area contributed by atoms with Gasteiger partial charge in [0.15, 0.2) is 0 Å². The Morgan fingerprint density at radius 3 is 2.50 bits per heavy atom. The van der Waals surface area contributed by atoms with Crippen molar-refractivity contribution in [2.45, 2.75) is 64.5 Å². The van der Waals surface area contributed by atoms with Crippen LogP contribution in [0.5, 0.6) is 0 Å². The molecule has 2 fully saturated rings. The summed E-state index contributed by atoms with van der Waals surface area (Å²) in [5.41, 5.74) is 0. The van der Waals surface area contributed by atoms with E-state index in [9.17, 15) is 0 Å². The molecule has 2 heteroatoms. The molecule has 1 aliphatic carbocycles. The van der Waals surface area contributed by atoms with Crippen LogP contribution in [0.15, 0.2) is 0 Å². The summed E-state index contributed by atoms with van der Waals surface area (Å²) in [5, 5.41) is 3.79. The molecule has 0 spiro atoms. The number of piperidine rings is 1. The van der Waals surface area contributed by atoms with E-state index in [0.29, 0.717) is 0 Å². The maximum Gasteiger partial charge on any atom is 0.0192 e. The molecule has 2 rings (SSSR count). The number of likely N-dealkylation sites (tertiary alicyclic amines) is 1. The van der Waals surface area contributed by atoms with Crippen LogP contribution < -0.4 is 5.32 Å². The van der Waals surface area contributed by atoms with Crippen LogP contribution in [0.3, 0.4) is 0 Å². The van der Waals surface area contributed by atoms with Gasteiger partial charge in [0, 0.05) is 18.6 Å². The zero-order chi connectivity index (χ0) is 11.4. The largest absolute Gasteiger partial charge is 0.312 e. The Morgan fingerprint density at radius 1 is 1.12 bits per heavy atom. The van der Waals surface area contributed by atoms with Crippen LogP contribution in [0, 0.1) is 5.92 Å². The number of nitrogens with one attached hydrogen (secondary N) is 1. The fourth-order valence-corrected chi connectivity index (χ4v) is 3.26. The summed E-state index contributed by atoms with van der Waals surface area (Å²) >= 11 is 0. The predicted molar refractivity (Wildman–Crippen MR) is 69.7 cm³/mol. The van der Waals surface area contributed by atoms with Crippen LogP contribution >= 0.6 is 0 Å². The molecule has 1 N–H and O–H groups in total. The van der Waals surface area contributed by atoms with E-state index in [1.54, 1.807) is 0 Å². The first-order valence-corrected chi connectivity index (χ1v) is 7.25. The maximum absolute atomic E-state index is 3.79. The smallest absolute Gasteiger partial charge is 0.0192 e. The number of nitrogens with zero attached hydrogens (tertiary/aromatic N) is 1. The van der Waals surface area contributed by atoms with Crippen molar-refractivity contribution in [2.24, 2.45) is 5.92 Å². The summed E-state index contributed by atoms with van der Waals surface area (Å²) in [6, 6.07) is 1.53. The first-order chi connectivity index (χ1) is 7.77. The van der Waals surface area contributed by atoms with Gasteiger partial charge in [-0.05, 0) is 51.6 Å². The Morgan fingerprint density at radius 2 is 1.88 bits per heavy atom. The second-order valence-corrected chi connectivity index (χ2v) is 5.87. The van der Waals surface area contributed by atoms with Crippen LogP contribution in [0.4, 0.5) is 0 Å². The van der Waals surface area contributed by atoms with Gasteiger partial charge in [-0.25, -0.2) is 0 Å². The van der Waals surface area contributed by atoms with Gasteiger partial charge in [0.1, 0.15) is 0 Å². The highest BCUT2D eigenvalue weighted by atomic mass is 15.2. The molecule has 1 heterocycles. The molecule has 0 aromatic heterocycles. The normalized spacial score (nSPS) is 34.1. The quantitative estimate of drug-likeness (QED) is 0.790. The molecule has 0 aromatic carbocycles. The Balaban J connectivity index is 1.68. The average Bonchev–Trinajstić information content (AvgIpc) is 2.73. The molecule has 0 radical (unpaired) electrons. The molecule has 0 aromatic rings. The second kappa shape index (κ2) is 6.02. The fourth-order valence-electron chi connectivity index (χ4n) is 3.26. The summed E-state index contributed by atoms with van der Waals surface area (Å²) in [6.07, 6.45) is 8.51. The Bertz CT molecular complexity index is 199. The van der Waals surface area contributed by atoms with Crippen molar-refractivity contribution >= 4 is 0 Å². The van der Waals surface area contributed by atoms with Crippen LogP contribution in [-0.4, -0.2) is 36.6 Å². The van der Waals surface area contributed by atoms with Crippen molar-refractivity contribution < 1.29 is 0 Å². The highest BCUT2D eigenvalue weighted by molar-refractivity contribution is 4.82. The SMILES string of the molecule is CC1CCCC1NCC(C)N1CCCCC1. The molecule has 2 nitrogen and oxygen atoms in total. The van der Waals surface area contributed by atoms with E-state index in [-0.39, 0.29) is 0 Å². The van der Waals surface area contributed by atoms with Crippen LogP contribution in [0.1, 0.15) is 52.4 Å². The standard InChI is InChI=1S/C14H28N2/c1-12-7-6-8-14(12)15-11-13(2)16-9-4-3-5-10-16/h12-15H,3-11H2,1-2H3. The van der Waals surface area contributed by atoms with Crippen LogP contribution in [0.25, 0.3) is 0 Å². The minimum Gasteiger partial charge on any atom is -0.312 e. The maximum atomic E-state index is 3.79. The van der Waals surface area contributed by atoms with Gasteiger partial charge in [0.05, 0.1) is 0 Å². The molecule has 0 bridgehead atoms. The van der Waals surface area contributed by atoms with Gasteiger partial charge >= 0.3 is 0 Å². The summed E-state index contributed by atoms with van der Waals surface area (Å²) < 4.78 is 0. The van der Waals surface area contributed by atoms with Crippen molar-refractivity contribution in [3.05, 3.63) is 0 Å². The zero-order valence-electron chi connectivity index (χ0n) is 11.0. The van der Waals surface area contributed by atoms with Gasteiger partial charge in [-0.3, -0.25) is 4.90 Å². The van der Waals surface area contributed by atoms with Crippen molar-refractivity contribution in [3.63, 3.8) is 0 Å². The first kappa shape index (κ1) is 12.4. The highest BCUT2D eigenvalue weighted by Crippen LogP contribution is 2.24. The molecule has 1 saturated carbocycles. The zero-order valence-corrected chi connectivity index (χ0v) is 11.0. The minimum atomic E-state index is 0.730. The molecule has 3 atom stereocenters. The van der Waals surface area contributed by atoms with Crippen molar-refractivity contribution in [3.8, 4) is 0 Å². The molecule has 0 amide bonds. The lowest BCUT2D eigenvalue weighted by molar-refractivity contribution is 0.166. The van der Waals surface area contributed by atoms with E-state index in [1.165, 1.54) is 58.2 Å². The lowest BCUT2D eigenvalue weighted by atomic mass is 10.1. The topological polar surface area (TPSA) is 15.3 Å². The number of hydrogen-bond acceptors (Lipinski definition) is 2. The molecule has 16 heavy (non-hydrogen) atoms. The van der Waals surface area contributed by atoms with E-state index < -0.39 is 0 Å². The molecular weight excluding hydrogens is 196 g/mol. The molecule has 1 saturated heterocycles. The molecule has 3 unspecified atom stereocenters. The van der Waals surface area contributed by atoms with Gasteiger partial charge in [-0.15, -0.1) is 0 Å². The minimum absolute atomic E-state index is 0.730. The lowest BCUT2D eigenvalue weighted by Gasteiger charge is -2.33. The van der Waals surface area contributed by atoms with Gasteiger partial charge in [0.2, 0.25) is 0 Å². The molecule has 1 aliphatic heterocycles. The fraction of sp³-hybridized carbons (Fsp3) is 1.00. The van der Waals surface area contributed by atoms with Crippen LogP contribution in [0.2, 0.25) is 0 Å². The van der Waals surface area contributed by atoms with Crippen molar-refractivity contribution in [1.82, 2.24) is 10.2 Å². The summed E-state index contributed by atoms with van der Waals surface area (Å²) in [5.74, 6) is 0.897. The molecular formula is C14H28N2. The molecule has 2 aliphatic rings. The van der Waals surface area contributed by atoms with Gasteiger partial charge in [-0.1, -0.05) is 19.8 Å². The molecule has 94 valence electrons. The van der Waals surface area contributed by atoms with E-state index in [1.807, 2.05) is 0 Å². The number of rotatable bonds is 4. The van der Waals surface area contributed by atoms with E-state index in [4.69, 9.17) is 0 Å². The average molecular weight is 224 g/mol. The van der Waals surface area contributed by atoms with Gasteiger partial charge < -0.3 is 5.32 Å². The summed E-state index contributed by atoms with van der Waals surface area (Å²) in [7, 11) is 0. The second-order valence-electron chi connectivity index (χ2n) is 5.87. The summed E-state index contributed by atoms with van der Waals surface area (Å²) in [6.45, 7) is 8.62. The Hall–Kier alpha value is -0.0800. The monoisotopic (exact) mass is 224 g/mol. The first-order valence-electron chi connectivity index (χ1n) is 7.25. The van der Waals surface area contributed by atoms with E-state index >= 15 is 0 Å². The van der Waals surface area contributed by atoms with Crippen LogP contribution in [-0.2, 0) is 0 Å². The third kappa shape index (κ3) is 3.21. The van der Waals surface area contributed by atoms with Gasteiger partial charge in [-0.2, -0.15) is 0 Å². The predicted octanol–water partition coefficient (Wildman–Crippen LogP) is 2.64. The third-order valence-corrected chi connectivity index (χ3v) is 4.55. The lowest BCUT2D eigenvalue weighted by Crippen LogP contribution is -2.46. The van der Waals surface area contributed by atoms with E-state index in [0.717, 1.165) is 18.0 Å². The van der Waals surface area contributed by atoms with Gasteiger partial charge in [0.25, 0.3) is 0 Å². The Kier molecular flexibility index (Phi) is 4.66. The summed E-state index contributed by atoms with van der Waals surface area (Å²) in [4.78, 5) is 2.66. The third-order valence-electron chi connectivity index (χ3n) is 4.55. The number of hydrogen-bond donors (Lipinski definition) is 1.